The number of likely N-dealkylation sites (N-methyl/N-ethyl adjacent to an activating group) is 1. The van der Waals surface area contributed by atoms with Gasteiger partial charge >= 0.3 is 0 Å². The molecule has 2 aliphatic rings. The first-order valence-electron chi connectivity index (χ1n) is 15.1. The molecule has 6 atom stereocenters. The molecule has 8 nitrogen and oxygen atoms in total. The van der Waals surface area contributed by atoms with E-state index in [-0.39, 0.29) is 23.7 Å². The Morgan fingerprint density at radius 2 is 1.95 bits per heavy atom. The molecule has 234 valence electrons. The number of nitrogens with one attached hydrogen (secondary N) is 1. The van der Waals surface area contributed by atoms with Crippen LogP contribution in [-0.4, -0.2) is 66.9 Å². The van der Waals surface area contributed by atoms with Crippen molar-refractivity contribution in [1.82, 2.24) is 9.62 Å². The molecular weight excluding hydrogens is 586 g/mol. The molecule has 2 aromatic carbocycles. The number of fused-ring (bicyclic) bond motifs is 1. The van der Waals surface area contributed by atoms with E-state index >= 15 is 0 Å². The molecule has 1 N–H and O–H groups in total. The van der Waals surface area contributed by atoms with Gasteiger partial charge in [-0.3, -0.25) is 19.2 Å². The van der Waals surface area contributed by atoms with Gasteiger partial charge in [0.25, 0.3) is 6.47 Å². The quantitative estimate of drug-likeness (QED) is 0.333. The second kappa shape index (κ2) is 15.2. The zero-order valence-electron chi connectivity index (χ0n) is 25.8. The van der Waals surface area contributed by atoms with E-state index in [1.807, 2.05) is 42.3 Å². The average molecular weight is 630 g/mol. The fourth-order valence-corrected chi connectivity index (χ4v) is 7.23. The summed E-state index contributed by atoms with van der Waals surface area (Å²) in [5, 5.41) is 0.721. The lowest BCUT2D eigenvalue weighted by Gasteiger charge is -2.35. The normalized spacial score (nSPS) is 27.9. The Morgan fingerprint density at radius 1 is 1.16 bits per heavy atom. The summed E-state index contributed by atoms with van der Waals surface area (Å²) in [6.45, 7) is 11.0. The van der Waals surface area contributed by atoms with Crippen molar-refractivity contribution >= 4 is 40.7 Å². The third kappa shape index (κ3) is 7.99. The number of carbonyl (C=O) groups is 2. The summed E-state index contributed by atoms with van der Waals surface area (Å²) < 4.78 is 28.1. The first kappa shape index (κ1) is 33.0. The highest BCUT2D eigenvalue weighted by atomic mass is 35.5. The second-order valence-electron chi connectivity index (χ2n) is 11.7. The first-order valence-corrected chi connectivity index (χ1v) is 16.7. The molecule has 2 bridgehead atoms. The van der Waals surface area contributed by atoms with Gasteiger partial charge in [0.05, 0.1) is 23.2 Å². The number of halogens is 1. The van der Waals surface area contributed by atoms with Crippen LogP contribution in [0.25, 0.3) is 0 Å². The van der Waals surface area contributed by atoms with Gasteiger partial charge < -0.3 is 14.4 Å². The minimum absolute atomic E-state index is 0.0509. The molecule has 0 fully saturated rings. The molecule has 2 heterocycles. The van der Waals surface area contributed by atoms with Crippen LogP contribution < -0.4 is 14.4 Å². The molecule has 0 saturated heterocycles. The summed E-state index contributed by atoms with van der Waals surface area (Å²) in [6.07, 6.45) is 6.17. The highest BCUT2D eigenvalue weighted by Gasteiger charge is 2.32. The predicted molar refractivity (Wildman–Crippen MR) is 172 cm³/mol. The Labute approximate surface area is 263 Å². The largest absolute Gasteiger partial charge is 0.491 e. The highest BCUT2D eigenvalue weighted by molar-refractivity contribution is 7.83. The average Bonchev–Trinajstić information content (AvgIpc) is 3.15. The van der Waals surface area contributed by atoms with Crippen LogP contribution in [0, 0.1) is 11.8 Å². The summed E-state index contributed by atoms with van der Waals surface area (Å²) in [5.74, 6) is 0.614. The number of hydrogen-bond acceptors (Lipinski definition) is 7. The van der Waals surface area contributed by atoms with Crippen LogP contribution in [0.15, 0.2) is 53.4 Å². The standard InChI is InChI=1S/C33H44ClN3O5S/c1-6-9-24-16-26(34)11-13-29(24)25-19-37-18-22(3)28(7-2)31(42-21-38)10-8-15-36(5)23(4)33(39)35-43(40)27-12-14-32(41-20-25)30(37)17-27/h8,10-14,16-17,21-23,25,28,31H,6-7,9,15,18-20H2,1-5H3,(H,35,39)/b10-8+/t22-,23+,25?,28?,31?,43?/m0/s1. The summed E-state index contributed by atoms with van der Waals surface area (Å²) >= 11 is 6.40. The molecule has 2 aliphatic heterocycles. The number of anilines is 1. The molecule has 0 spiro atoms. The SMILES string of the molecule is CCCc1cc(Cl)ccc1C1COc2ccc3cc2N(C1)C[C@H](C)C(CC)C(OC=O)/C=C/CN(C)[C@H](C)C(=O)NS3=O. The van der Waals surface area contributed by atoms with E-state index in [4.69, 9.17) is 21.1 Å². The Kier molecular flexibility index (Phi) is 11.7. The van der Waals surface area contributed by atoms with Gasteiger partial charge in [0, 0.05) is 36.5 Å². The lowest BCUT2D eigenvalue weighted by molar-refractivity contribution is -0.134. The third-order valence-electron chi connectivity index (χ3n) is 8.73. The zero-order chi connectivity index (χ0) is 31.1. The molecule has 2 aromatic rings. The van der Waals surface area contributed by atoms with Crippen LogP contribution >= 0.6 is 11.6 Å². The number of carbonyl (C=O) groups excluding carboxylic acids is 2. The van der Waals surface area contributed by atoms with E-state index in [1.165, 1.54) is 11.1 Å². The van der Waals surface area contributed by atoms with Gasteiger partial charge in [-0.25, -0.2) is 4.21 Å². The Bertz CT molecular complexity index is 1340. The van der Waals surface area contributed by atoms with E-state index in [9.17, 15) is 13.8 Å². The molecule has 4 rings (SSSR count). The van der Waals surface area contributed by atoms with Crippen LogP contribution in [0.5, 0.6) is 5.75 Å². The van der Waals surface area contributed by atoms with Crippen molar-refractivity contribution in [2.75, 3.05) is 38.2 Å². The van der Waals surface area contributed by atoms with Gasteiger partial charge in [-0.05, 0) is 80.3 Å². The van der Waals surface area contributed by atoms with Gasteiger partial charge in [-0.1, -0.05) is 50.9 Å². The van der Waals surface area contributed by atoms with Gasteiger partial charge in [0.1, 0.15) is 11.9 Å². The molecule has 0 radical (unpaired) electrons. The number of ether oxygens (including phenoxy) is 2. The van der Waals surface area contributed by atoms with Crippen LogP contribution in [0.4, 0.5) is 5.69 Å². The van der Waals surface area contributed by atoms with Gasteiger partial charge in [0.15, 0.2) is 11.0 Å². The maximum atomic E-state index is 13.4. The molecule has 1 amide bonds. The Morgan fingerprint density at radius 3 is 2.67 bits per heavy atom. The highest BCUT2D eigenvalue weighted by Crippen LogP contribution is 2.39. The van der Waals surface area contributed by atoms with Crippen molar-refractivity contribution in [3.8, 4) is 5.75 Å². The van der Waals surface area contributed by atoms with E-state index < -0.39 is 23.1 Å². The maximum absolute atomic E-state index is 13.4. The summed E-state index contributed by atoms with van der Waals surface area (Å²) in [7, 11) is 0.0857. The van der Waals surface area contributed by atoms with E-state index in [0.717, 1.165) is 30.0 Å². The van der Waals surface area contributed by atoms with Crippen molar-refractivity contribution in [1.29, 1.82) is 0 Å². The fraction of sp³-hybridized carbons (Fsp3) is 0.515. The van der Waals surface area contributed by atoms with Gasteiger partial charge in [-0.2, -0.15) is 0 Å². The number of aryl methyl sites for hydroxylation is 1. The minimum Gasteiger partial charge on any atom is -0.491 e. The van der Waals surface area contributed by atoms with Crippen molar-refractivity contribution in [3.05, 3.63) is 64.7 Å². The summed E-state index contributed by atoms with van der Waals surface area (Å²) in [5.41, 5.74) is 3.26. The molecular formula is C33H44ClN3O5S. The summed E-state index contributed by atoms with van der Waals surface area (Å²) in [4.78, 5) is 29.2. The van der Waals surface area contributed by atoms with Gasteiger partial charge in [0.2, 0.25) is 5.91 Å². The van der Waals surface area contributed by atoms with Crippen LogP contribution in [0.1, 0.15) is 57.6 Å². The zero-order valence-corrected chi connectivity index (χ0v) is 27.3. The van der Waals surface area contributed by atoms with Crippen LogP contribution in [0.2, 0.25) is 5.02 Å². The van der Waals surface area contributed by atoms with Crippen molar-refractivity contribution < 1.29 is 23.3 Å². The number of nitrogens with zero attached hydrogens (tertiary/aromatic N) is 2. The van der Waals surface area contributed by atoms with Crippen molar-refractivity contribution in [2.45, 2.75) is 69.9 Å². The maximum Gasteiger partial charge on any atom is 0.293 e. The molecule has 10 heteroatoms. The Balaban J connectivity index is 1.79. The molecule has 43 heavy (non-hydrogen) atoms. The van der Waals surface area contributed by atoms with Crippen LogP contribution in [0.3, 0.4) is 0 Å². The number of amides is 1. The monoisotopic (exact) mass is 629 g/mol. The van der Waals surface area contributed by atoms with Gasteiger partial charge in [-0.15, -0.1) is 0 Å². The molecule has 0 aliphatic carbocycles. The summed E-state index contributed by atoms with van der Waals surface area (Å²) in [6, 6.07) is 11.1. The molecule has 0 aromatic heterocycles. The third-order valence-corrected chi connectivity index (χ3v) is 10.0. The second-order valence-corrected chi connectivity index (χ2v) is 13.3. The fourth-order valence-electron chi connectivity index (χ4n) is 6.16. The van der Waals surface area contributed by atoms with Crippen LogP contribution in [-0.2, 0) is 31.7 Å². The van der Waals surface area contributed by atoms with E-state index in [0.29, 0.717) is 43.4 Å². The van der Waals surface area contributed by atoms with Crippen molar-refractivity contribution in [2.24, 2.45) is 11.8 Å². The molecule has 4 unspecified atom stereocenters. The van der Waals surface area contributed by atoms with E-state index in [2.05, 4.69) is 42.5 Å². The van der Waals surface area contributed by atoms with Crippen molar-refractivity contribution in [3.63, 3.8) is 0 Å². The predicted octanol–water partition coefficient (Wildman–Crippen LogP) is 5.51. The first-order chi connectivity index (χ1) is 20.7. The Hall–Kier alpha value is -2.88. The number of hydrogen-bond donors (Lipinski definition) is 1. The lowest BCUT2D eigenvalue weighted by atomic mass is 9.85. The molecule has 0 saturated carbocycles. The smallest absolute Gasteiger partial charge is 0.293 e. The minimum atomic E-state index is -1.74. The number of benzene rings is 2. The number of rotatable bonds is 6. The van der Waals surface area contributed by atoms with E-state index in [1.54, 1.807) is 13.0 Å². The lowest BCUT2D eigenvalue weighted by Crippen LogP contribution is -2.44. The topological polar surface area (TPSA) is 88.2 Å².